The number of hydrogen-bond donors (Lipinski definition) is 2. The van der Waals surface area contributed by atoms with Gasteiger partial charge >= 0.3 is 0 Å². The fourth-order valence-corrected chi connectivity index (χ4v) is 4.96. The SMILES string of the molecule is O=C(N[C@]1(c2ccccc2)CCN(C(=O)CC2CCCC2)C[C@H]1O)c1ccccc1F. The molecule has 2 aliphatic rings. The van der Waals surface area contributed by atoms with Crippen LogP contribution in [-0.2, 0) is 10.3 Å². The van der Waals surface area contributed by atoms with Crippen LogP contribution >= 0.6 is 0 Å². The summed E-state index contributed by atoms with van der Waals surface area (Å²) in [6.07, 6.45) is 4.41. The number of aliphatic hydroxyl groups is 1. The number of nitrogens with zero attached hydrogens (tertiary/aromatic N) is 1. The van der Waals surface area contributed by atoms with E-state index in [1.165, 1.54) is 31.0 Å². The van der Waals surface area contributed by atoms with E-state index in [9.17, 15) is 19.1 Å². The zero-order chi connectivity index (χ0) is 21.8. The van der Waals surface area contributed by atoms with Gasteiger partial charge in [-0.1, -0.05) is 55.3 Å². The molecular formula is C25H29FN2O3. The van der Waals surface area contributed by atoms with Crippen LogP contribution < -0.4 is 5.32 Å². The molecule has 1 saturated carbocycles. The Balaban J connectivity index is 1.55. The first kappa shape index (κ1) is 21.5. The van der Waals surface area contributed by atoms with Crippen LogP contribution in [0.4, 0.5) is 4.39 Å². The molecule has 2 N–H and O–H groups in total. The normalized spacial score (nSPS) is 24.2. The summed E-state index contributed by atoms with van der Waals surface area (Å²) in [5, 5.41) is 14.1. The molecule has 0 spiro atoms. The van der Waals surface area contributed by atoms with Crippen molar-refractivity contribution < 1.29 is 19.1 Å². The fraction of sp³-hybridized carbons (Fsp3) is 0.440. The van der Waals surface area contributed by atoms with Gasteiger partial charge in [-0.3, -0.25) is 9.59 Å². The summed E-state index contributed by atoms with van der Waals surface area (Å²) in [7, 11) is 0. The summed E-state index contributed by atoms with van der Waals surface area (Å²) in [6.45, 7) is 0.563. The van der Waals surface area contributed by atoms with Gasteiger partial charge in [0, 0.05) is 19.5 Å². The van der Waals surface area contributed by atoms with Crippen LogP contribution in [0.5, 0.6) is 0 Å². The van der Waals surface area contributed by atoms with Gasteiger partial charge in [-0.15, -0.1) is 0 Å². The lowest BCUT2D eigenvalue weighted by molar-refractivity contribution is -0.138. The summed E-state index contributed by atoms with van der Waals surface area (Å²) in [5.74, 6) is -0.687. The zero-order valence-electron chi connectivity index (χ0n) is 17.6. The number of likely N-dealkylation sites (tertiary alicyclic amines) is 1. The van der Waals surface area contributed by atoms with E-state index in [0.717, 1.165) is 18.4 Å². The van der Waals surface area contributed by atoms with E-state index in [1.807, 2.05) is 30.3 Å². The maximum absolute atomic E-state index is 14.2. The Labute approximate surface area is 182 Å². The van der Waals surface area contributed by atoms with Crippen molar-refractivity contribution in [2.24, 2.45) is 5.92 Å². The Morgan fingerprint density at radius 1 is 1.06 bits per heavy atom. The number of aliphatic hydroxyl groups excluding tert-OH is 1. The maximum atomic E-state index is 14.2. The van der Waals surface area contributed by atoms with Gasteiger partial charge < -0.3 is 15.3 Å². The Morgan fingerprint density at radius 2 is 1.74 bits per heavy atom. The molecule has 2 amide bonds. The summed E-state index contributed by atoms with van der Waals surface area (Å²) in [5.41, 5.74) is -0.412. The van der Waals surface area contributed by atoms with Crippen LogP contribution in [0.2, 0.25) is 0 Å². The molecule has 2 aromatic carbocycles. The van der Waals surface area contributed by atoms with Gasteiger partial charge in [0.25, 0.3) is 5.91 Å². The number of rotatable bonds is 5. The van der Waals surface area contributed by atoms with Crippen molar-refractivity contribution in [2.75, 3.05) is 13.1 Å². The molecule has 1 saturated heterocycles. The van der Waals surface area contributed by atoms with Crippen LogP contribution in [0.25, 0.3) is 0 Å². The highest BCUT2D eigenvalue weighted by Crippen LogP contribution is 2.35. The summed E-state index contributed by atoms with van der Waals surface area (Å²) in [4.78, 5) is 27.5. The minimum atomic E-state index is -1.09. The minimum absolute atomic E-state index is 0.0630. The largest absolute Gasteiger partial charge is 0.388 e. The van der Waals surface area contributed by atoms with Crippen LogP contribution in [0.3, 0.4) is 0 Å². The Morgan fingerprint density at radius 3 is 2.42 bits per heavy atom. The highest BCUT2D eigenvalue weighted by molar-refractivity contribution is 5.95. The van der Waals surface area contributed by atoms with E-state index < -0.39 is 23.4 Å². The average molecular weight is 425 g/mol. The summed E-state index contributed by atoms with van der Waals surface area (Å²) >= 11 is 0. The van der Waals surface area contributed by atoms with Gasteiger partial charge in [0.05, 0.1) is 17.2 Å². The third-order valence-corrected chi connectivity index (χ3v) is 6.77. The standard InChI is InChI=1S/C25H29FN2O3/c26-21-13-7-6-12-20(21)24(31)27-25(19-10-2-1-3-11-19)14-15-28(17-22(25)29)23(30)16-18-8-4-5-9-18/h1-3,6-7,10-13,18,22,29H,4-5,8-9,14-17H2,(H,27,31)/t22-,25+/m1/s1. The third kappa shape index (κ3) is 4.49. The highest BCUT2D eigenvalue weighted by atomic mass is 19.1. The van der Waals surface area contributed by atoms with Crippen LogP contribution in [-0.4, -0.2) is 41.0 Å². The van der Waals surface area contributed by atoms with E-state index >= 15 is 0 Å². The van der Waals surface area contributed by atoms with Crippen molar-refractivity contribution in [2.45, 2.75) is 50.2 Å². The van der Waals surface area contributed by atoms with E-state index in [-0.39, 0.29) is 18.0 Å². The molecule has 1 heterocycles. The molecule has 6 heteroatoms. The van der Waals surface area contributed by atoms with Gasteiger partial charge in [-0.05, 0) is 42.9 Å². The smallest absolute Gasteiger partial charge is 0.255 e. The molecular weight excluding hydrogens is 395 g/mol. The lowest BCUT2D eigenvalue weighted by atomic mass is 9.78. The maximum Gasteiger partial charge on any atom is 0.255 e. The van der Waals surface area contributed by atoms with Crippen molar-refractivity contribution in [3.63, 3.8) is 0 Å². The van der Waals surface area contributed by atoms with Crippen LogP contribution in [0, 0.1) is 11.7 Å². The molecule has 0 radical (unpaired) electrons. The fourth-order valence-electron chi connectivity index (χ4n) is 4.96. The highest BCUT2D eigenvalue weighted by Gasteiger charge is 2.46. The number of benzene rings is 2. The quantitative estimate of drug-likeness (QED) is 0.770. The lowest BCUT2D eigenvalue weighted by Crippen LogP contribution is -2.62. The zero-order valence-corrected chi connectivity index (χ0v) is 17.6. The number of carbonyl (C=O) groups is 2. The van der Waals surface area contributed by atoms with Crippen LogP contribution in [0.15, 0.2) is 54.6 Å². The van der Waals surface area contributed by atoms with Gasteiger partial charge in [-0.2, -0.15) is 0 Å². The van der Waals surface area contributed by atoms with E-state index in [1.54, 1.807) is 11.0 Å². The lowest BCUT2D eigenvalue weighted by Gasteiger charge is -2.46. The molecule has 1 aliphatic carbocycles. The monoisotopic (exact) mass is 424 g/mol. The van der Waals surface area contributed by atoms with Gasteiger partial charge in [0.1, 0.15) is 5.82 Å². The topological polar surface area (TPSA) is 69.6 Å². The predicted octanol–water partition coefficient (Wildman–Crippen LogP) is 3.62. The molecule has 0 unspecified atom stereocenters. The second kappa shape index (κ2) is 9.18. The van der Waals surface area contributed by atoms with Crippen molar-refractivity contribution in [1.29, 1.82) is 0 Å². The molecule has 4 rings (SSSR count). The molecule has 5 nitrogen and oxygen atoms in total. The second-order valence-electron chi connectivity index (χ2n) is 8.73. The molecule has 2 aromatic rings. The minimum Gasteiger partial charge on any atom is -0.388 e. The number of amides is 2. The molecule has 1 aliphatic heterocycles. The molecule has 0 aromatic heterocycles. The number of nitrogens with one attached hydrogen (secondary N) is 1. The molecule has 0 bridgehead atoms. The Kier molecular flexibility index (Phi) is 6.37. The van der Waals surface area contributed by atoms with E-state index in [2.05, 4.69) is 5.32 Å². The Bertz CT molecular complexity index is 929. The van der Waals surface area contributed by atoms with Gasteiger partial charge in [-0.25, -0.2) is 4.39 Å². The number of carbonyl (C=O) groups excluding carboxylic acids is 2. The third-order valence-electron chi connectivity index (χ3n) is 6.77. The van der Waals surface area contributed by atoms with Crippen molar-refractivity contribution in [1.82, 2.24) is 10.2 Å². The van der Waals surface area contributed by atoms with E-state index in [4.69, 9.17) is 0 Å². The Hall–Kier alpha value is -2.73. The van der Waals surface area contributed by atoms with Crippen LogP contribution in [0.1, 0.15) is 54.4 Å². The predicted molar refractivity (Wildman–Crippen MR) is 116 cm³/mol. The molecule has 2 fully saturated rings. The number of halogens is 1. The first-order valence-corrected chi connectivity index (χ1v) is 11.1. The number of hydrogen-bond acceptors (Lipinski definition) is 3. The van der Waals surface area contributed by atoms with Crippen molar-refractivity contribution in [3.8, 4) is 0 Å². The van der Waals surface area contributed by atoms with Crippen molar-refractivity contribution >= 4 is 11.8 Å². The van der Waals surface area contributed by atoms with E-state index in [0.29, 0.717) is 25.3 Å². The first-order valence-electron chi connectivity index (χ1n) is 11.1. The molecule has 2 atom stereocenters. The van der Waals surface area contributed by atoms with Gasteiger partial charge in [0.15, 0.2) is 0 Å². The van der Waals surface area contributed by atoms with Crippen molar-refractivity contribution in [3.05, 3.63) is 71.5 Å². The first-order chi connectivity index (χ1) is 15.0. The number of piperidine rings is 1. The molecule has 164 valence electrons. The number of β-amino-alcohol motifs (C(OH)–C–C–N with tert-alkyl or cyclic N) is 1. The second-order valence-corrected chi connectivity index (χ2v) is 8.73. The summed E-state index contributed by atoms with van der Waals surface area (Å²) < 4.78 is 14.2. The van der Waals surface area contributed by atoms with Gasteiger partial charge in [0.2, 0.25) is 5.91 Å². The summed E-state index contributed by atoms with van der Waals surface area (Å²) in [6, 6.07) is 15.1. The molecule has 31 heavy (non-hydrogen) atoms. The average Bonchev–Trinajstić information content (AvgIpc) is 3.29.